The van der Waals surface area contributed by atoms with Crippen LogP contribution in [-0.2, 0) is 4.79 Å². The predicted molar refractivity (Wildman–Crippen MR) is 133 cm³/mol. The predicted octanol–water partition coefficient (Wildman–Crippen LogP) is 3.73. The number of nitrogens with one attached hydrogen (secondary N) is 1. The number of nitrogens with zero attached hydrogens (tertiary/aromatic N) is 3. The molecular weight excluding hydrogens is 452 g/mol. The number of carbonyl (C=O) groups excluding carboxylic acids is 1. The van der Waals surface area contributed by atoms with Gasteiger partial charge >= 0.3 is 0 Å². The summed E-state index contributed by atoms with van der Waals surface area (Å²) in [6, 6.07) is 21.1. The Morgan fingerprint density at radius 2 is 1.91 bits per heavy atom. The van der Waals surface area contributed by atoms with Crippen LogP contribution in [0.3, 0.4) is 0 Å². The maximum absolute atomic E-state index is 13.2. The highest BCUT2D eigenvalue weighted by Gasteiger charge is 2.14. The van der Waals surface area contributed by atoms with Crippen molar-refractivity contribution < 1.29 is 14.6 Å². The van der Waals surface area contributed by atoms with Gasteiger partial charge in [-0.15, -0.1) is 0 Å². The van der Waals surface area contributed by atoms with E-state index in [1.807, 2.05) is 43.3 Å². The first-order chi connectivity index (χ1) is 16.6. The van der Waals surface area contributed by atoms with Crippen LogP contribution in [0.5, 0.6) is 11.5 Å². The molecule has 0 aliphatic heterocycles. The topological polar surface area (TPSA) is 106 Å². The van der Waals surface area contributed by atoms with E-state index < -0.39 is 0 Å². The molecule has 0 unspecified atom stereocenters. The van der Waals surface area contributed by atoms with Crippen LogP contribution in [0.1, 0.15) is 12.5 Å². The number of phenols is 1. The summed E-state index contributed by atoms with van der Waals surface area (Å²) in [5, 5.41) is 14.7. The lowest BCUT2D eigenvalue weighted by molar-refractivity contribution is -0.118. The van der Waals surface area contributed by atoms with Gasteiger partial charge in [-0.1, -0.05) is 42.1 Å². The molecule has 0 atom stereocenters. The standard InChI is InChI=1S/C25H22N4O4S/c1-2-33-22-14-17(12-13-21(22)30)15-26-28-23(31)16-34-25-27-20-11-7-6-10-19(20)24(32)29(25)18-8-4-3-5-9-18/h3-15,30H,2,16H2,1H3,(H,28,31). The summed E-state index contributed by atoms with van der Waals surface area (Å²) >= 11 is 1.15. The molecule has 0 fully saturated rings. The van der Waals surface area contributed by atoms with Gasteiger partial charge < -0.3 is 9.84 Å². The van der Waals surface area contributed by atoms with Crippen molar-refractivity contribution in [1.82, 2.24) is 15.0 Å². The number of aromatic hydroxyl groups is 1. The average molecular weight is 475 g/mol. The van der Waals surface area contributed by atoms with E-state index in [0.29, 0.717) is 39.7 Å². The SMILES string of the molecule is CCOc1cc(C=NNC(=O)CSc2nc3ccccc3c(=O)n2-c2ccccc2)ccc1O. The number of hydrazone groups is 1. The highest BCUT2D eigenvalue weighted by Crippen LogP contribution is 2.26. The Labute approximate surface area is 199 Å². The van der Waals surface area contributed by atoms with Gasteiger partial charge in [0.1, 0.15) is 0 Å². The molecule has 0 bridgehead atoms. The Morgan fingerprint density at radius 1 is 1.15 bits per heavy atom. The molecule has 4 rings (SSSR count). The fourth-order valence-electron chi connectivity index (χ4n) is 3.24. The second kappa shape index (κ2) is 10.7. The van der Waals surface area contributed by atoms with Crippen LogP contribution in [0.2, 0.25) is 0 Å². The fourth-order valence-corrected chi connectivity index (χ4v) is 4.04. The summed E-state index contributed by atoms with van der Waals surface area (Å²) in [5.41, 5.74) is 4.16. The van der Waals surface area contributed by atoms with Crippen LogP contribution in [0.25, 0.3) is 16.6 Å². The smallest absolute Gasteiger partial charge is 0.266 e. The van der Waals surface area contributed by atoms with Gasteiger partial charge in [0, 0.05) is 0 Å². The molecule has 9 heteroatoms. The first-order valence-corrected chi connectivity index (χ1v) is 11.5. The largest absolute Gasteiger partial charge is 0.504 e. The van der Waals surface area contributed by atoms with Crippen LogP contribution in [0.15, 0.2) is 87.8 Å². The number of aromatic nitrogens is 2. The Kier molecular flexibility index (Phi) is 7.24. The summed E-state index contributed by atoms with van der Waals surface area (Å²) in [5.74, 6) is 0.0304. The molecule has 0 spiro atoms. The average Bonchev–Trinajstić information content (AvgIpc) is 2.85. The highest BCUT2D eigenvalue weighted by atomic mass is 32.2. The summed E-state index contributed by atoms with van der Waals surface area (Å²) < 4.78 is 6.85. The molecule has 4 aromatic rings. The first kappa shape index (κ1) is 23.1. The number of amides is 1. The molecule has 3 aromatic carbocycles. The van der Waals surface area contributed by atoms with Crippen molar-refractivity contribution >= 4 is 34.8 Å². The number of phenolic OH excluding ortho intramolecular Hbond substituents is 1. The molecule has 2 N–H and O–H groups in total. The quantitative estimate of drug-likeness (QED) is 0.174. The third kappa shape index (κ3) is 5.26. The van der Waals surface area contributed by atoms with Crippen molar-refractivity contribution in [1.29, 1.82) is 0 Å². The number of para-hydroxylation sites is 2. The van der Waals surface area contributed by atoms with E-state index in [2.05, 4.69) is 15.5 Å². The second-order valence-electron chi connectivity index (χ2n) is 7.13. The van der Waals surface area contributed by atoms with Gasteiger partial charge in [0.2, 0.25) is 0 Å². The number of hydrogen-bond donors (Lipinski definition) is 2. The van der Waals surface area contributed by atoms with Crippen molar-refractivity contribution in [2.24, 2.45) is 5.10 Å². The van der Waals surface area contributed by atoms with Gasteiger partial charge in [0.05, 0.1) is 35.2 Å². The lowest BCUT2D eigenvalue weighted by Gasteiger charge is -2.12. The van der Waals surface area contributed by atoms with Crippen LogP contribution < -0.4 is 15.7 Å². The third-order valence-electron chi connectivity index (χ3n) is 4.78. The first-order valence-electron chi connectivity index (χ1n) is 10.5. The Balaban J connectivity index is 1.50. The second-order valence-corrected chi connectivity index (χ2v) is 8.07. The molecule has 1 heterocycles. The van der Waals surface area contributed by atoms with Crippen molar-refractivity contribution in [2.75, 3.05) is 12.4 Å². The van der Waals surface area contributed by atoms with Crippen molar-refractivity contribution in [3.8, 4) is 17.2 Å². The minimum atomic E-state index is -0.355. The molecule has 172 valence electrons. The zero-order valence-electron chi connectivity index (χ0n) is 18.3. The number of fused-ring (bicyclic) bond motifs is 1. The van der Waals surface area contributed by atoms with Crippen LogP contribution in [0, 0.1) is 0 Å². The Morgan fingerprint density at radius 3 is 2.71 bits per heavy atom. The maximum atomic E-state index is 13.2. The number of ether oxygens (including phenoxy) is 1. The molecule has 0 saturated carbocycles. The third-order valence-corrected chi connectivity index (χ3v) is 5.72. The lowest BCUT2D eigenvalue weighted by Crippen LogP contribution is -2.24. The summed E-state index contributed by atoms with van der Waals surface area (Å²) in [6.07, 6.45) is 1.46. The summed E-state index contributed by atoms with van der Waals surface area (Å²) in [6.45, 7) is 2.23. The lowest BCUT2D eigenvalue weighted by atomic mass is 10.2. The van der Waals surface area contributed by atoms with Crippen LogP contribution in [-0.4, -0.2) is 39.1 Å². The van der Waals surface area contributed by atoms with E-state index in [0.717, 1.165) is 11.8 Å². The molecule has 0 aliphatic rings. The van der Waals surface area contributed by atoms with Crippen molar-refractivity contribution in [3.63, 3.8) is 0 Å². The number of carbonyl (C=O) groups is 1. The monoisotopic (exact) mass is 474 g/mol. The van der Waals surface area contributed by atoms with Crippen LogP contribution >= 0.6 is 11.8 Å². The van der Waals surface area contributed by atoms with Crippen LogP contribution in [0.4, 0.5) is 0 Å². The molecular formula is C25H22N4O4S. The maximum Gasteiger partial charge on any atom is 0.266 e. The number of benzene rings is 3. The molecule has 0 aliphatic carbocycles. The summed E-state index contributed by atoms with van der Waals surface area (Å²) in [7, 11) is 0. The molecule has 8 nitrogen and oxygen atoms in total. The number of thioether (sulfide) groups is 1. The van der Waals surface area contributed by atoms with E-state index in [4.69, 9.17) is 4.74 Å². The molecule has 1 aromatic heterocycles. The fraction of sp³-hybridized carbons (Fsp3) is 0.120. The van der Waals surface area contributed by atoms with Gasteiger partial charge in [-0.05, 0) is 55.0 Å². The van der Waals surface area contributed by atoms with E-state index in [9.17, 15) is 14.7 Å². The zero-order valence-corrected chi connectivity index (χ0v) is 19.2. The van der Waals surface area contributed by atoms with Gasteiger partial charge in [-0.25, -0.2) is 10.4 Å². The minimum absolute atomic E-state index is 0.00866. The Hall–Kier alpha value is -4.11. The summed E-state index contributed by atoms with van der Waals surface area (Å²) in [4.78, 5) is 30.2. The van der Waals surface area contributed by atoms with Gasteiger partial charge in [0.15, 0.2) is 16.7 Å². The highest BCUT2D eigenvalue weighted by molar-refractivity contribution is 7.99. The minimum Gasteiger partial charge on any atom is -0.504 e. The number of hydrogen-bond acceptors (Lipinski definition) is 7. The van der Waals surface area contributed by atoms with Gasteiger partial charge in [-0.3, -0.25) is 14.2 Å². The van der Waals surface area contributed by atoms with E-state index in [1.165, 1.54) is 16.8 Å². The molecule has 1 amide bonds. The normalized spacial score (nSPS) is 11.1. The van der Waals surface area contributed by atoms with Crippen molar-refractivity contribution in [2.45, 2.75) is 12.1 Å². The number of rotatable bonds is 8. The van der Waals surface area contributed by atoms with E-state index in [-0.39, 0.29) is 23.0 Å². The molecule has 0 radical (unpaired) electrons. The van der Waals surface area contributed by atoms with E-state index >= 15 is 0 Å². The van der Waals surface area contributed by atoms with Gasteiger partial charge in [-0.2, -0.15) is 5.10 Å². The Bertz CT molecular complexity index is 1400. The molecule has 0 saturated heterocycles. The van der Waals surface area contributed by atoms with Gasteiger partial charge in [0.25, 0.3) is 11.5 Å². The van der Waals surface area contributed by atoms with E-state index in [1.54, 1.807) is 30.3 Å². The van der Waals surface area contributed by atoms with Crippen molar-refractivity contribution in [3.05, 3.63) is 88.7 Å². The zero-order chi connectivity index (χ0) is 23.9. The molecule has 34 heavy (non-hydrogen) atoms.